The van der Waals surface area contributed by atoms with Gasteiger partial charge in [0.15, 0.2) is 11.6 Å². The average molecular weight is 380 g/mol. The first-order valence-corrected chi connectivity index (χ1v) is 9.34. The third-order valence-corrected chi connectivity index (χ3v) is 4.72. The van der Waals surface area contributed by atoms with E-state index in [1.54, 1.807) is 29.4 Å². The maximum Gasteiger partial charge on any atom is 0.330 e. The molecule has 0 spiro atoms. The zero-order valence-corrected chi connectivity index (χ0v) is 16.0. The Bertz CT molecular complexity index is 857. The van der Waals surface area contributed by atoms with E-state index in [4.69, 9.17) is 0 Å². The fourth-order valence-electron chi connectivity index (χ4n) is 3.50. The van der Waals surface area contributed by atoms with E-state index in [-0.39, 0.29) is 23.8 Å². The predicted molar refractivity (Wildman–Crippen MR) is 109 cm³/mol. The number of anilines is 3. The third-order valence-electron chi connectivity index (χ3n) is 4.72. The van der Waals surface area contributed by atoms with Crippen LogP contribution in [0, 0.1) is 0 Å². The summed E-state index contributed by atoms with van der Waals surface area (Å²) < 4.78 is 0. The maximum absolute atomic E-state index is 12.9. The van der Waals surface area contributed by atoms with Crippen LogP contribution in [0.1, 0.15) is 36.7 Å². The Labute approximate surface area is 164 Å². The van der Waals surface area contributed by atoms with Crippen molar-refractivity contribution < 1.29 is 9.59 Å². The van der Waals surface area contributed by atoms with Crippen LogP contribution in [-0.2, 0) is 0 Å². The summed E-state index contributed by atoms with van der Waals surface area (Å²) in [5, 5.41) is 2.73. The number of Topliss-reactive ketones (excluding diaryl/α,β-unsaturated/α-hetero) is 1. The van der Waals surface area contributed by atoms with Crippen molar-refractivity contribution in [3.05, 3.63) is 49.4 Å². The molecule has 1 unspecified atom stereocenters. The van der Waals surface area contributed by atoms with Gasteiger partial charge in [-0.1, -0.05) is 6.92 Å². The molecule has 2 amide bonds. The highest BCUT2D eigenvalue weighted by molar-refractivity contribution is 6.04. The van der Waals surface area contributed by atoms with Crippen LogP contribution in [0.4, 0.5) is 22.2 Å². The number of hydrogen-bond acceptors (Lipinski definition) is 6. The van der Waals surface area contributed by atoms with Gasteiger partial charge >= 0.3 is 6.03 Å². The van der Waals surface area contributed by atoms with Crippen LogP contribution >= 0.6 is 0 Å². The molecule has 1 atom stereocenters. The van der Waals surface area contributed by atoms with E-state index < -0.39 is 0 Å². The topological polar surface area (TPSA) is 91.3 Å². The molecule has 0 aromatic carbocycles. The highest BCUT2D eigenvalue weighted by Gasteiger charge is 2.40. The molecule has 4 heterocycles. The minimum absolute atomic E-state index is 0.00466. The SMILES string of the molecule is C=C.CCCC(=O)c1ccc2c(n1)N(C(=O)Nc1ncccn1)C1CCN2C1. The molecule has 1 N–H and O–H groups in total. The second-order valence-electron chi connectivity index (χ2n) is 6.47. The van der Waals surface area contributed by atoms with Crippen LogP contribution in [0.2, 0.25) is 0 Å². The molecule has 4 rings (SSSR count). The highest BCUT2D eigenvalue weighted by Crippen LogP contribution is 2.39. The van der Waals surface area contributed by atoms with Crippen LogP contribution in [0.15, 0.2) is 43.8 Å². The second kappa shape index (κ2) is 8.60. The van der Waals surface area contributed by atoms with Crippen molar-refractivity contribution in [3.63, 3.8) is 0 Å². The number of hydrogen-bond donors (Lipinski definition) is 1. The number of nitrogens with one attached hydrogen (secondary N) is 1. The highest BCUT2D eigenvalue weighted by atomic mass is 16.2. The predicted octanol–water partition coefficient (Wildman–Crippen LogP) is 3.29. The second-order valence-corrected chi connectivity index (χ2v) is 6.47. The van der Waals surface area contributed by atoms with Crippen LogP contribution in [0.5, 0.6) is 0 Å². The zero-order valence-electron chi connectivity index (χ0n) is 16.0. The Balaban J connectivity index is 0.00000109. The van der Waals surface area contributed by atoms with Crippen molar-refractivity contribution in [2.45, 2.75) is 32.2 Å². The van der Waals surface area contributed by atoms with E-state index in [9.17, 15) is 9.59 Å². The summed E-state index contributed by atoms with van der Waals surface area (Å²) in [6.45, 7) is 9.59. The molecule has 0 aliphatic carbocycles. The quantitative estimate of drug-likeness (QED) is 0.646. The van der Waals surface area contributed by atoms with Crippen molar-refractivity contribution >= 4 is 29.3 Å². The van der Waals surface area contributed by atoms with Crippen molar-refractivity contribution in [2.24, 2.45) is 0 Å². The van der Waals surface area contributed by atoms with E-state index in [1.165, 1.54) is 0 Å². The lowest BCUT2D eigenvalue weighted by Gasteiger charge is -2.35. The van der Waals surface area contributed by atoms with Gasteiger partial charge in [0.2, 0.25) is 5.95 Å². The standard InChI is InChI=1S/C18H20N6O2.C2H4/c1-2-4-15(25)13-5-6-14-16(21-13)24(12-7-10-23(14)11-12)18(26)22-17-19-8-3-9-20-17;1-2/h3,5-6,8-9,12H,2,4,7,10-11H2,1H3,(H,19,20,22,26);1-2H2. The zero-order chi connectivity index (χ0) is 20.1. The number of urea groups is 1. The van der Waals surface area contributed by atoms with E-state index >= 15 is 0 Å². The van der Waals surface area contributed by atoms with E-state index in [1.807, 2.05) is 13.0 Å². The smallest absolute Gasteiger partial charge is 0.330 e. The first-order valence-electron chi connectivity index (χ1n) is 9.34. The minimum atomic E-state index is -0.323. The van der Waals surface area contributed by atoms with Gasteiger partial charge in [-0.3, -0.25) is 15.0 Å². The number of carbonyl (C=O) groups excluding carboxylic acids is 2. The maximum atomic E-state index is 12.9. The number of ketones is 1. The van der Waals surface area contributed by atoms with Gasteiger partial charge in [-0.05, 0) is 31.0 Å². The lowest BCUT2D eigenvalue weighted by molar-refractivity contribution is 0.0977. The molecule has 2 aliphatic heterocycles. The first kappa shape index (κ1) is 19.5. The van der Waals surface area contributed by atoms with Crippen LogP contribution in [0.3, 0.4) is 0 Å². The molecule has 0 saturated carbocycles. The Hall–Kier alpha value is -3.29. The largest absolute Gasteiger partial charge is 0.366 e. The van der Waals surface area contributed by atoms with Gasteiger partial charge in [0.05, 0.1) is 11.7 Å². The van der Waals surface area contributed by atoms with E-state index in [0.29, 0.717) is 17.9 Å². The number of fused-ring (bicyclic) bond motifs is 4. The summed E-state index contributed by atoms with van der Waals surface area (Å²) in [6, 6.07) is 5.04. The molecular weight excluding hydrogens is 356 g/mol. The fraction of sp³-hybridized carbons (Fsp3) is 0.350. The van der Waals surface area contributed by atoms with Crippen LogP contribution in [0.25, 0.3) is 0 Å². The van der Waals surface area contributed by atoms with Crippen molar-refractivity contribution in [1.82, 2.24) is 15.0 Å². The number of nitrogens with zero attached hydrogens (tertiary/aromatic N) is 5. The average Bonchev–Trinajstić information content (AvgIpc) is 3.14. The van der Waals surface area contributed by atoms with E-state index in [0.717, 1.165) is 31.6 Å². The van der Waals surface area contributed by atoms with Gasteiger partial charge in [0.1, 0.15) is 5.69 Å². The fourth-order valence-corrected chi connectivity index (χ4v) is 3.50. The Morgan fingerprint density at radius 1 is 1.25 bits per heavy atom. The summed E-state index contributed by atoms with van der Waals surface area (Å²) in [7, 11) is 0. The van der Waals surface area contributed by atoms with Crippen molar-refractivity contribution in [2.75, 3.05) is 28.2 Å². The minimum Gasteiger partial charge on any atom is -0.366 e. The molecule has 28 heavy (non-hydrogen) atoms. The Morgan fingerprint density at radius 2 is 2.00 bits per heavy atom. The Kier molecular flexibility index (Phi) is 5.98. The molecule has 146 valence electrons. The molecule has 2 aromatic rings. The van der Waals surface area contributed by atoms with Gasteiger partial charge in [0, 0.05) is 31.9 Å². The lowest BCUT2D eigenvalue weighted by Crippen LogP contribution is -2.48. The molecular formula is C20H24N6O2. The summed E-state index contributed by atoms with van der Waals surface area (Å²) in [5.41, 5.74) is 1.29. The van der Waals surface area contributed by atoms with Gasteiger partial charge in [-0.15, -0.1) is 13.2 Å². The molecule has 2 aliphatic rings. The van der Waals surface area contributed by atoms with Gasteiger partial charge in [0.25, 0.3) is 0 Å². The monoisotopic (exact) mass is 380 g/mol. The van der Waals surface area contributed by atoms with Crippen LogP contribution < -0.4 is 15.1 Å². The molecule has 1 fully saturated rings. The summed E-state index contributed by atoms with van der Waals surface area (Å²) in [4.78, 5) is 41.7. The first-order chi connectivity index (χ1) is 13.7. The summed E-state index contributed by atoms with van der Waals surface area (Å²) in [6.07, 6.45) is 5.22. The molecule has 0 radical (unpaired) electrons. The number of pyridine rings is 1. The molecule has 2 aromatic heterocycles. The Morgan fingerprint density at radius 3 is 2.71 bits per heavy atom. The van der Waals surface area contributed by atoms with E-state index in [2.05, 4.69) is 38.3 Å². The summed E-state index contributed by atoms with van der Waals surface area (Å²) in [5.74, 6) is 0.779. The van der Waals surface area contributed by atoms with Crippen molar-refractivity contribution in [3.8, 4) is 0 Å². The summed E-state index contributed by atoms with van der Waals surface area (Å²) >= 11 is 0. The molecule has 8 heteroatoms. The van der Waals surface area contributed by atoms with Crippen LogP contribution in [-0.4, -0.2) is 45.9 Å². The van der Waals surface area contributed by atoms with Gasteiger partial charge in [-0.2, -0.15) is 0 Å². The number of amides is 2. The number of carbonyl (C=O) groups is 2. The normalized spacial score (nSPS) is 16.7. The third kappa shape index (κ3) is 3.71. The van der Waals surface area contributed by atoms with Gasteiger partial charge < -0.3 is 4.90 Å². The molecule has 8 nitrogen and oxygen atoms in total. The van der Waals surface area contributed by atoms with Gasteiger partial charge in [-0.25, -0.2) is 19.7 Å². The molecule has 1 saturated heterocycles. The van der Waals surface area contributed by atoms with Crippen molar-refractivity contribution in [1.29, 1.82) is 0 Å². The molecule has 2 bridgehead atoms. The number of aromatic nitrogens is 3. The number of rotatable bonds is 4. The lowest BCUT2D eigenvalue weighted by atomic mass is 10.1.